The average molecular weight is 417 g/mol. The number of halogens is 1. The van der Waals surface area contributed by atoms with Crippen LogP contribution >= 0.6 is 11.6 Å². The van der Waals surface area contributed by atoms with Gasteiger partial charge in [0.05, 0.1) is 19.6 Å². The molecule has 0 saturated carbocycles. The Labute approximate surface area is 175 Å². The molecular formula is C22H25ClN2O4. The number of nitrogens with zero attached hydrogens (tertiary/aromatic N) is 1. The Hall–Kier alpha value is -2.57. The molecule has 1 saturated heterocycles. The van der Waals surface area contributed by atoms with E-state index in [1.807, 2.05) is 30.3 Å². The second-order valence-electron chi connectivity index (χ2n) is 7.22. The first-order valence-electron chi connectivity index (χ1n) is 9.58. The smallest absolute Gasteiger partial charge is 0.223 e. The summed E-state index contributed by atoms with van der Waals surface area (Å²) in [4.78, 5) is 26.2. The molecule has 2 aromatic carbocycles. The lowest BCUT2D eigenvalue weighted by Gasteiger charge is -2.42. The van der Waals surface area contributed by atoms with Gasteiger partial charge >= 0.3 is 0 Å². The highest BCUT2D eigenvalue weighted by molar-refractivity contribution is 6.30. The van der Waals surface area contributed by atoms with Crippen molar-refractivity contribution in [3.05, 3.63) is 65.2 Å². The Kier molecular flexibility index (Phi) is 7.12. The van der Waals surface area contributed by atoms with Crippen LogP contribution in [0.4, 0.5) is 0 Å². The summed E-state index contributed by atoms with van der Waals surface area (Å²) >= 11 is 5.90. The molecule has 7 heteroatoms. The molecule has 2 N–H and O–H groups in total. The highest BCUT2D eigenvalue weighted by Gasteiger charge is 2.40. The molecule has 29 heavy (non-hydrogen) atoms. The van der Waals surface area contributed by atoms with Crippen molar-refractivity contribution in [2.75, 3.05) is 26.3 Å². The van der Waals surface area contributed by atoms with Crippen LogP contribution in [0.1, 0.15) is 18.4 Å². The second-order valence-corrected chi connectivity index (χ2v) is 7.65. The highest BCUT2D eigenvalue weighted by atomic mass is 35.5. The van der Waals surface area contributed by atoms with Crippen LogP contribution in [0, 0.1) is 0 Å². The third-order valence-electron chi connectivity index (χ3n) is 4.88. The van der Waals surface area contributed by atoms with Gasteiger partial charge < -0.3 is 20.1 Å². The summed E-state index contributed by atoms with van der Waals surface area (Å²) < 4.78 is 11.8. The van der Waals surface area contributed by atoms with E-state index < -0.39 is 11.5 Å². The summed E-state index contributed by atoms with van der Waals surface area (Å²) in [5.41, 5.74) is 5.61. The molecule has 2 aromatic rings. The van der Waals surface area contributed by atoms with Gasteiger partial charge in [-0.25, -0.2) is 0 Å². The lowest BCUT2D eigenvalue weighted by molar-refractivity contribution is -0.161. The average Bonchev–Trinajstić information content (AvgIpc) is 2.72. The van der Waals surface area contributed by atoms with E-state index in [0.29, 0.717) is 36.8 Å². The van der Waals surface area contributed by atoms with E-state index in [4.69, 9.17) is 26.8 Å². The summed E-state index contributed by atoms with van der Waals surface area (Å²) in [6, 6.07) is 16.8. The van der Waals surface area contributed by atoms with Gasteiger partial charge in [0.25, 0.3) is 0 Å². The topological polar surface area (TPSA) is 81.9 Å². The maximum Gasteiger partial charge on any atom is 0.223 e. The summed E-state index contributed by atoms with van der Waals surface area (Å²) in [7, 11) is 0. The number of hydrogen-bond acceptors (Lipinski definition) is 4. The maximum absolute atomic E-state index is 12.8. The van der Waals surface area contributed by atoms with Crippen LogP contribution in [0.3, 0.4) is 0 Å². The first-order valence-corrected chi connectivity index (χ1v) is 9.96. The molecular weight excluding hydrogens is 392 g/mol. The summed E-state index contributed by atoms with van der Waals surface area (Å²) in [6.07, 6.45) is 1.04. The normalized spacial score (nSPS) is 19.0. The molecule has 6 nitrogen and oxygen atoms in total. The van der Waals surface area contributed by atoms with E-state index in [0.717, 1.165) is 5.56 Å². The number of carbonyl (C=O) groups is 2. The molecule has 154 valence electrons. The van der Waals surface area contributed by atoms with Gasteiger partial charge in [0.15, 0.2) is 0 Å². The zero-order chi connectivity index (χ0) is 20.7. The molecule has 1 heterocycles. The van der Waals surface area contributed by atoms with Crippen molar-refractivity contribution in [1.82, 2.24) is 4.90 Å². The zero-order valence-corrected chi connectivity index (χ0v) is 16.9. The van der Waals surface area contributed by atoms with E-state index in [2.05, 4.69) is 0 Å². The van der Waals surface area contributed by atoms with Gasteiger partial charge in [-0.2, -0.15) is 0 Å². The van der Waals surface area contributed by atoms with Crippen LogP contribution in [0.25, 0.3) is 0 Å². The van der Waals surface area contributed by atoms with Crippen molar-refractivity contribution in [2.24, 2.45) is 5.73 Å². The number of benzene rings is 2. The van der Waals surface area contributed by atoms with Crippen molar-refractivity contribution in [2.45, 2.75) is 24.9 Å². The third kappa shape index (κ3) is 6.21. The maximum atomic E-state index is 12.8. The lowest BCUT2D eigenvalue weighted by Crippen LogP contribution is -2.58. The lowest BCUT2D eigenvalue weighted by atomic mass is 9.97. The standard InChI is InChI=1S/C22H25ClN2O4/c23-18-7-9-19(10-8-18)28-16-22(14-20(24)26)15-25(12-13-29-22)21(27)11-6-17-4-2-1-3-5-17/h1-5,7-10H,6,11-16H2,(H2,24,26). The summed E-state index contributed by atoms with van der Waals surface area (Å²) in [6.45, 7) is 1.18. The van der Waals surface area contributed by atoms with E-state index in [1.54, 1.807) is 29.2 Å². The fourth-order valence-corrected chi connectivity index (χ4v) is 3.55. The van der Waals surface area contributed by atoms with Crippen molar-refractivity contribution in [3.8, 4) is 5.75 Å². The largest absolute Gasteiger partial charge is 0.490 e. The molecule has 1 aliphatic rings. The zero-order valence-electron chi connectivity index (χ0n) is 16.2. The SMILES string of the molecule is NC(=O)CC1(COc2ccc(Cl)cc2)CN(C(=O)CCc2ccccc2)CCO1. The molecule has 0 bridgehead atoms. The number of ether oxygens (including phenoxy) is 2. The van der Waals surface area contributed by atoms with Crippen molar-refractivity contribution in [3.63, 3.8) is 0 Å². The molecule has 2 amide bonds. The minimum Gasteiger partial charge on any atom is -0.490 e. The van der Waals surface area contributed by atoms with Gasteiger partial charge in [-0.05, 0) is 36.2 Å². The molecule has 0 aliphatic carbocycles. The molecule has 1 aliphatic heterocycles. The Balaban J connectivity index is 1.63. The van der Waals surface area contributed by atoms with Crippen molar-refractivity contribution >= 4 is 23.4 Å². The number of nitrogens with two attached hydrogens (primary N) is 1. The van der Waals surface area contributed by atoms with E-state index in [-0.39, 0.29) is 25.5 Å². The second kappa shape index (κ2) is 9.76. The van der Waals surface area contributed by atoms with Crippen LogP contribution in [0.5, 0.6) is 5.75 Å². The molecule has 0 spiro atoms. The van der Waals surface area contributed by atoms with E-state index in [9.17, 15) is 9.59 Å². The van der Waals surface area contributed by atoms with Crippen LogP contribution in [-0.2, 0) is 20.7 Å². The summed E-state index contributed by atoms with van der Waals surface area (Å²) in [5, 5.41) is 0.605. The van der Waals surface area contributed by atoms with E-state index in [1.165, 1.54) is 0 Å². The monoisotopic (exact) mass is 416 g/mol. The molecule has 1 unspecified atom stereocenters. The van der Waals surface area contributed by atoms with Gasteiger partial charge in [-0.1, -0.05) is 41.9 Å². The van der Waals surface area contributed by atoms with Gasteiger partial charge in [-0.3, -0.25) is 9.59 Å². The Bertz CT molecular complexity index is 828. The van der Waals surface area contributed by atoms with Gasteiger partial charge in [0.1, 0.15) is 18.0 Å². The van der Waals surface area contributed by atoms with Crippen LogP contribution in [0.2, 0.25) is 5.02 Å². The van der Waals surface area contributed by atoms with Crippen LogP contribution in [0.15, 0.2) is 54.6 Å². The summed E-state index contributed by atoms with van der Waals surface area (Å²) in [5.74, 6) is 0.134. The Morgan fingerprint density at radius 3 is 2.55 bits per heavy atom. The number of hydrogen-bond donors (Lipinski definition) is 1. The Morgan fingerprint density at radius 1 is 1.14 bits per heavy atom. The molecule has 0 radical (unpaired) electrons. The van der Waals surface area contributed by atoms with Crippen molar-refractivity contribution < 1.29 is 19.1 Å². The number of morpholine rings is 1. The quantitative estimate of drug-likeness (QED) is 0.717. The minimum atomic E-state index is -0.966. The van der Waals surface area contributed by atoms with Gasteiger partial charge in [0.2, 0.25) is 11.8 Å². The van der Waals surface area contributed by atoms with Crippen LogP contribution < -0.4 is 10.5 Å². The number of rotatable bonds is 8. The number of aryl methyl sites for hydroxylation is 1. The number of carbonyl (C=O) groups excluding carboxylic acids is 2. The predicted octanol–water partition coefficient (Wildman–Crippen LogP) is 2.82. The molecule has 0 aromatic heterocycles. The predicted molar refractivity (Wildman–Crippen MR) is 111 cm³/mol. The first-order chi connectivity index (χ1) is 14.0. The van der Waals surface area contributed by atoms with Gasteiger partial charge in [-0.15, -0.1) is 0 Å². The first kappa shape index (κ1) is 21.1. The highest BCUT2D eigenvalue weighted by Crippen LogP contribution is 2.25. The fraction of sp³-hybridized carbons (Fsp3) is 0.364. The fourth-order valence-electron chi connectivity index (χ4n) is 3.42. The molecule has 1 atom stereocenters. The molecule has 1 fully saturated rings. The van der Waals surface area contributed by atoms with E-state index >= 15 is 0 Å². The van der Waals surface area contributed by atoms with Gasteiger partial charge in [0, 0.05) is 18.0 Å². The minimum absolute atomic E-state index is 0.0247. The third-order valence-corrected chi connectivity index (χ3v) is 5.14. The number of amides is 2. The Morgan fingerprint density at radius 2 is 1.86 bits per heavy atom. The van der Waals surface area contributed by atoms with Crippen LogP contribution in [-0.4, -0.2) is 48.6 Å². The molecule has 3 rings (SSSR count). The van der Waals surface area contributed by atoms with Crippen molar-refractivity contribution in [1.29, 1.82) is 0 Å². The number of primary amides is 1.